The number of aromatic nitrogens is 5. The predicted molar refractivity (Wildman–Crippen MR) is 142 cm³/mol. The van der Waals surface area contributed by atoms with Crippen molar-refractivity contribution in [3.63, 3.8) is 0 Å². The number of H-pyrrole nitrogens is 1. The van der Waals surface area contributed by atoms with Gasteiger partial charge in [-0.1, -0.05) is 30.3 Å². The molecule has 0 spiro atoms. The first-order valence-electron chi connectivity index (χ1n) is 12.7. The van der Waals surface area contributed by atoms with Crippen LogP contribution in [0.3, 0.4) is 0 Å². The molecule has 4 aromatic carbocycles. The highest BCUT2D eigenvalue weighted by Gasteiger charge is 2.21. The van der Waals surface area contributed by atoms with Crippen LogP contribution >= 0.6 is 0 Å². The molecular weight excluding hydrogens is 462 g/mol. The van der Waals surface area contributed by atoms with E-state index in [0.29, 0.717) is 5.82 Å². The second-order valence-electron chi connectivity index (χ2n) is 9.72. The Balaban J connectivity index is 1.41. The molecule has 7 heteroatoms. The van der Waals surface area contributed by atoms with Gasteiger partial charge in [-0.05, 0) is 95.3 Å². The molecular formula is C30H23N5O2. The van der Waals surface area contributed by atoms with Crippen molar-refractivity contribution in [2.24, 2.45) is 0 Å². The molecule has 7 nitrogen and oxygen atoms in total. The van der Waals surface area contributed by atoms with Gasteiger partial charge in [0.15, 0.2) is 11.5 Å². The number of hydrogen-bond donors (Lipinski definition) is 1. The molecule has 6 aromatic rings. The zero-order chi connectivity index (χ0) is 24.3. The topological polar surface area (TPSA) is 77.9 Å². The predicted octanol–water partition coefficient (Wildman–Crippen LogP) is 6.24. The number of aryl methyl sites for hydroxylation is 2. The van der Waals surface area contributed by atoms with E-state index in [9.17, 15) is 0 Å². The third kappa shape index (κ3) is 3.17. The maximum absolute atomic E-state index is 5.72. The molecule has 0 amide bonds. The summed E-state index contributed by atoms with van der Waals surface area (Å²) < 4.78 is 13.6. The summed E-state index contributed by atoms with van der Waals surface area (Å²) >= 11 is 0. The minimum atomic E-state index is 0.254. The Hall–Kier alpha value is -4.65. The molecule has 0 saturated heterocycles. The van der Waals surface area contributed by atoms with Crippen molar-refractivity contribution in [2.75, 3.05) is 6.79 Å². The summed E-state index contributed by atoms with van der Waals surface area (Å²) in [5.74, 6) is 2.12. The van der Waals surface area contributed by atoms with Gasteiger partial charge in [-0.25, -0.2) is 0 Å². The van der Waals surface area contributed by atoms with E-state index in [4.69, 9.17) is 9.47 Å². The smallest absolute Gasteiger partial charge is 0.231 e. The Kier molecular flexibility index (Phi) is 4.40. The van der Waals surface area contributed by atoms with E-state index in [1.807, 2.05) is 18.2 Å². The summed E-state index contributed by atoms with van der Waals surface area (Å²) in [5.41, 5.74) is 8.26. The van der Waals surface area contributed by atoms with Crippen LogP contribution in [0.25, 0.3) is 50.0 Å². The van der Waals surface area contributed by atoms with Crippen LogP contribution in [-0.2, 0) is 12.8 Å². The molecule has 0 radical (unpaired) electrons. The fraction of sp³-hybridized carbons (Fsp3) is 0.167. The summed E-state index contributed by atoms with van der Waals surface area (Å²) in [6.45, 7) is 0.254. The minimum absolute atomic E-state index is 0.254. The van der Waals surface area contributed by atoms with E-state index in [2.05, 4.69) is 79.8 Å². The average Bonchev–Trinajstić information content (AvgIpc) is 3.72. The van der Waals surface area contributed by atoms with Crippen molar-refractivity contribution >= 4 is 21.7 Å². The molecule has 37 heavy (non-hydrogen) atoms. The van der Waals surface area contributed by atoms with Crippen molar-refractivity contribution in [3.05, 3.63) is 83.9 Å². The van der Waals surface area contributed by atoms with Gasteiger partial charge in [-0.15, -0.1) is 10.2 Å². The Morgan fingerprint density at radius 1 is 0.757 bits per heavy atom. The lowest BCUT2D eigenvalue weighted by molar-refractivity contribution is 0.174. The van der Waals surface area contributed by atoms with Crippen LogP contribution in [0.1, 0.15) is 24.0 Å². The fourth-order valence-electron chi connectivity index (χ4n) is 5.96. The van der Waals surface area contributed by atoms with E-state index in [-0.39, 0.29) is 6.79 Å². The summed E-state index contributed by atoms with van der Waals surface area (Å²) in [7, 11) is 0. The van der Waals surface area contributed by atoms with Crippen LogP contribution in [0, 0.1) is 0 Å². The lowest BCUT2D eigenvalue weighted by Crippen LogP contribution is -2.03. The van der Waals surface area contributed by atoms with E-state index >= 15 is 0 Å². The molecule has 0 saturated carbocycles. The van der Waals surface area contributed by atoms with Gasteiger partial charge in [0.05, 0.1) is 11.2 Å². The number of nitrogens with one attached hydrogen (secondary N) is 1. The van der Waals surface area contributed by atoms with Gasteiger partial charge in [0.25, 0.3) is 0 Å². The molecule has 0 unspecified atom stereocenters. The van der Waals surface area contributed by atoms with Gasteiger partial charge in [0.1, 0.15) is 0 Å². The summed E-state index contributed by atoms with van der Waals surface area (Å²) in [6, 6.07) is 26.0. The second kappa shape index (κ2) is 7.93. The van der Waals surface area contributed by atoms with E-state index < -0.39 is 0 Å². The van der Waals surface area contributed by atoms with Crippen LogP contribution in [0.15, 0.2) is 72.8 Å². The largest absolute Gasteiger partial charge is 0.454 e. The Morgan fingerprint density at radius 2 is 1.68 bits per heavy atom. The highest BCUT2D eigenvalue weighted by atomic mass is 16.7. The first-order valence-corrected chi connectivity index (χ1v) is 12.7. The Morgan fingerprint density at radius 3 is 2.62 bits per heavy atom. The molecule has 2 aliphatic rings. The number of ether oxygens (including phenoxy) is 2. The van der Waals surface area contributed by atoms with Crippen molar-refractivity contribution in [1.82, 2.24) is 25.2 Å². The number of benzene rings is 4. The van der Waals surface area contributed by atoms with Crippen LogP contribution < -0.4 is 9.47 Å². The fourth-order valence-corrected chi connectivity index (χ4v) is 5.96. The van der Waals surface area contributed by atoms with E-state index in [1.165, 1.54) is 46.5 Å². The van der Waals surface area contributed by atoms with Gasteiger partial charge >= 0.3 is 0 Å². The van der Waals surface area contributed by atoms with Gasteiger partial charge in [0.2, 0.25) is 12.6 Å². The van der Waals surface area contributed by atoms with Gasteiger partial charge < -0.3 is 14.0 Å². The number of aromatic amines is 1. The SMILES string of the molecule is c1cc(-c2nn[nH]n2)cc(-n2c(-c3ccc4c(c3)OCO4)cc3c4ccc5c(c4ccc32)CCCC5)c1. The molecule has 0 fully saturated rings. The maximum atomic E-state index is 5.72. The maximum Gasteiger partial charge on any atom is 0.231 e. The molecule has 1 N–H and O–H groups in total. The highest BCUT2D eigenvalue weighted by molar-refractivity contribution is 6.10. The third-order valence-electron chi connectivity index (χ3n) is 7.69. The quantitative estimate of drug-likeness (QED) is 0.321. The number of hydrogen-bond acceptors (Lipinski definition) is 5. The normalized spacial score (nSPS) is 14.4. The van der Waals surface area contributed by atoms with Crippen LogP contribution in [0.5, 0.6) is 11.5 Å². The minimum Gasteiger partial charge on any atom is -0.454 e. The Bertz CT molecular complexity index is 1820. The monoisotopic (exact) mass is 485 g/mol. The molecule has 0 bridgehead atoms. The van der Waals surface area contributed by atoms with Gasteiger partial charge in [0, 0.05) is 22.2 Å². The van der Waals surface area contributed by atoms with Gasteiger partial charge in [-0.3, -0.25) is 0 Å². The molecule has 180 valence electrons. The highest BCUT2D eigenvalue weighted by Crippen LogP contribution is 2.41. The second-order valence-corrected chi connectivity index (χ2v) is 9.72. The van der Waals surface area contributed by atoms with Crippen molar-refractivity contribution in [2.45, 2.75) is 25.7 Å². The van der Waals surface area contributed by atoms with E-state index in [0.717, 1.165) is 45.9 Å². The number of fused-ring (bicyclic) bond motifs is 6. The molecule has 8 rings (SSSR count). The third-order valence-corrected chi connectivity index (χ3v) is 7.69. The molecule has 3 heterocycles. The van der Waals surface area contributed by atoms with Crippen LogP contribution in [-0.4, -0.2) is 32.0 Å². The van der Waals surface area contributed by atoms with Crippen LogP contribution in [0.2, 0.25) is 0 Å². The van der Waals surface area contributed by atoms with Crippen LogP contribution in [0.4, 0.5) is 0 Å². The van der Waals surface area contributed by atoms with Gasteiger partial charge in [-0.2, -0.15) is 5.21 Å². The number of rotatable bonds is 3. The zero-order valence-corrected chi connectivity index (χ0v) is 20.1. The van der Waals surface area contributed by atoms with Crippen molar-refractivity contribution in [1.29, 1.82) is 0 Å². The number of tetrazole rings is 1. The molecule has 0 atom stereocenters. The standard InChI is InChI=1S/C30H23N5O2/c1-2-7-22-18(4-1)8-10-24-23(22)11-12-26-25(24)16-27(19-9-13-28-29(15-19)37-17-36-28)35(26)21-6-3-5-20(14-21)30-31-33-34-32-30/h3,5-6,8-16H,1-2,4,7,17H2,(H,31,32,33,34). The molecule has 1 aliphatic carbocycles. The summed E-state index contributed by atoms with van der Waals surface area (Å²) in [4.78, 5) is 0. The average molecular weight is 486 g/mol. The summed E-state index contributed by atoms with van der Waals surface area (Å²) in [5, 5.41) is 18.6. The summed E-state index contributed by atoms with van der Waals surface area (Å²) in [6.07, 6.45) is 4.87. The number of nitrogens with zero attached hydrogens (tertiary/aromatic N) is 4. The molecule has 1 aliphatic heterocycles. The first-order chi connectivity index (χ1) is 18.3. The molecule has 2 aromatic heterocycles. The lowest BCUT2D eigenvalue weighted by Gasteiger charge is -2.18. The lowest BCUT2D eigenvalue weighted by atomic mass is 9.87. The van der Waals surface area contributed by atoms with Crippen molar-refractivity contribution < 1.29 is 9.47 Å². The Labute approximate surface area is 212 Å². The zero-order valence-electron chi connectivity index (χ0n) is 20.1. The van der Waals surface area contributed by atoms with Crippen molar-refractivity contribution in [3.8, 4) is 39.8 Å². The van der Waals surface area contributed by atoms with E-state index in [1.54, 1.807) is 0 Å². The first kappa shape index (κ1) is 20.5.